The van der Waals surface area contributed by atoms with Crippen LogP contribution in [0.3, 0.4) is 0 Å². The van der Waals surface area contributed by atoms with Crippen molar-refractivity contribution in [3.05, 3.63) is 26.6 Å². The molecule has 74 valence electrons. The molecule has 0 bridgehead atoms. The summed E-state index contributed by atoms with van der Waals surface area (Å²) in [6.45, 7) is 0.129. The van der Waals surface area contributed by atoms with Crippen LogP contribution in [-0.4, -0.2) is 11.4 Å². The Bertz CT molecular complexity index is 464. The molecule has 0 saturated heterocycles. The fourth-order valence-electron chi connectivity index (χ4n) is 1.45. The number of hydrogen-bond donors (Lipinski definition) is 1. The molecule has 0 aliphatic rings. The fraction of sp³-hybridized carbons (Fsp3) is 0.200. The number of thiophene rings is 1. The summed E-state index contributed by atoms with van der Waals surface area (Å²) in [5, 5.41) is 10.6. The second-order valence-electron chi connectivity index (χ2n) is 2.87. The minimum Gasteiger partial charge on any atom is -0.392 e. The number of thioether (sulfide) groups is 1. The highest BCUT2D eigenvalue weighted by molar-refractivity contribution is 14.1. The van der Waals surface area contributed by atoms with E-state index in [1.807, 2.05) is 6.26 Å². The lowest BCUT2D eigenvalue weighted by atomic mass is 10.2. The van der Waals surface area contributed by atoms with Crippen molar-refractivity contribution in [1.82, 2.24) is 0 Å². The van der Waals surface area contributed by atoms with Gasteiger partial charge >= 0.3 is 0 Å². The molecule has 14 heavy (non-hydrogen) atoms. The summed E-state index contributed by atoms with van der Waals surface area (Å²) in [4.78, 5) is 1.18. The Labute approximate surface area is 105 Å². The first kappa shape index (κ1) is 10.7. The maximum atomic E-state index is 9.35. The zero-order chi connectivity index (χ0) is 10.1. The molecule has 0 saturated carbocycles. The first-order valence-electron chi connectivity index (χ1n) is 4.12. The highest BCUT2D eigenvalue weighted by Crippen LogP contribution is 2.34. The molecular weight excluding hydrogens is 327 g/mol. The summed E-state index contributed by atoms with van der Waals surface area (Å²) < 4.78 is 2.49. The van der Waals surface area contributed by atoms with Gasteiger partial charge in [0.2, 0.25) is 0 Å². The Kier molecular flexibility index (Phi) is 3.36. The molecule has 0 aliphatic heterocycles. The van der Waals surface area contributed by atoms with Crippen molar-refractivity contribution in [3.8, 4) is 0 Å². The maximum Gasteiger partial charge on any atom is 0.0706 e. The van der Waals surface area contributed by atoms with Crippen LogP contribution in [0.5, 0.6) is 0 Å². The van der Waals surface area contributed by atoms with Crippen LogP contribution in [0.4, 0.5) is 0 Å². The SMILES string of the molecule is CSc1ccc2cc(I)sc2c1CO. The maximum absolute atomic E-state index is 9.35. The number of rotatable bonds is 2. The smallest absolute Gasteiger partial charge is 0.0706 e. The number of aliphatic hydroxyl groups is 1. The van der Waals surface area contributed by atoms with Gasteiger partial charge in [0.25, 0.3) is 0 Å². The van der Waals surface area contributed by atoms with Crippen molar-refractivity contribution in [3.63, 3.8) is 0 Å². The molecule has 0 unspecified atom stereocenters. The van der Waals surface area contributed by atoms with Crippen LogP contribution in [-0.2, 0) is 6.61 Å². The number of aliphatic hydroxyl groups excluding tert-OH is 1. The molecule has 1 heterocycles. The Hall–Kier alpha value is 0.220. The van der Waals surface area contributed by atoms with Crippen LogP contribution in [0.2, 0.25) is 0 Å². The quantitative estimate of drug-likeness (QED) is 0.666. The predicted molar refractivity (Wildman–Crippen MR) is 72.2 cm³/mol. The van der Waals surface area contributed by atoms with Crippen LogP contribution in [0.1, 0.15) is 5.56 Å². The van der Waals surface area contributed by atoms with E-state index in [9.17, 15) is 5.11 Å². The molecular formula is C10H9IOS2. The van der Waals surface area contributed by atoms with E-state index in [2.05, 4.69) is 40.8 Å². The lowest BCUT2D eigenvalue weighted by molar-refractivity contribution is 0.281. The molecule has 0 fully saturated rings. The summed E-state index contributed by atoms with van der Waals surface area (Å²) in [7, 11) is 0. The van der Waals surface area contributed by atoms with Crippen molar-refractivity contribution >= 4 is 55.8 Å². The average molecular weight is 336 g/mol. The number of hydrogen-bond acceptors (Lipinski definition) is 3. The minimum absolute atomic E-state index is 0.129. The van der Waals surface area contributed by atoms with Crippen molar-refractivity contribution < 1.29 is 5.11 Å². The Balaban J connectivity index is 2.75. The standard InChI is InChI=1S/C10H9IOS2/c1-13-8-3-2-6-4-9(11)14-10(6)7(8)5-12/h2-4,12H,5H2,1H3. The summed E-state index contributed by atoms with van der Waals surface area (Å²) >= 11 is 5.75. The third-order valence-corrected chi connectivity index (χ3v) is 4.89. The van der Waals surface area contributed by atoms with Crippen molar-refractivity contribution in [2.45, 2.75) is 11.5 Å². The summed E-state index contributed by atoms with van der Waals surface area (Å²) in [6.07, 6.45) is 2.04. The van der Waals surface area contributed by atoms with Crippen LogP contribution in [0.15, 0.2) is 23.1 Å². The van der Waals surface area contributed by atoms with E-state index in [1.54, 1.807) is 23.1 Å². The van der Waals surface area contributed by atoms with E-state index in [0.717, 1.165) is 5.56 Å². The van der Waals surface area contributed by atoms with Crippen LogP contribution in [0.25, 0.3) is 10.1 Å². The molecule has 1 aromatic carbocycles. The van der Waals surface area contributed by atoms with E-state index in [-0.39, 0.29) is 6.61 Å². The van der Waals surface area contributed by atoms with Gasteiger partial charge in [0.15, 0.2) is 0 Å². The van der Waals surface area contributed by atoms with Gasteiger partial charge in [0.1, 0.15) is 0 Å². The van der Waals surface area contributed by atoms with Crippen LogP contribution in [0, 0.1) is 2.88 Å². The average Bonchev–Trinajstić information content (AvgIpc) is 2.56. The van der Waals surface area contributed by atoms with Gasteiger partial charge in [-0.25, -0.2) is 0 Å². The Morgan fingerprint density at radius 1 is 1.50 bits per heavy atom. The van der Waals surface area contributed by atoms with Crippen molar-refractivity contribution in [2.75, 3.05) is 6.26 Å². The topological polar surface area (TPSA) is 20.2 Å². The lowest BCUT2D eigenvalue weighted by Gasteiger charge is -2.04. The molecule has 0 spiro atoms. The van der Waals surface area contributed by atoms with E-state index >= 15 is 0 Å². The molecule has 2 rings (SSSR count). The highest BCUT2D eigenvalue weighted by Gasteiger charge is 2.08. The van der Waals surface area contributed by atoms with Gasteiger partial charge < -0.3 is 5.11 Å². The normalized spacial score (nSPS) is 11.1. The number of halogens is 1. The van der Waals surface area contributed by atoms with Gasteiger partial charge in [-0.15, -0.1) is 23.1 Å². The van der Waals surface area contributed by atoms with Gasteiger partial charge in [-0.05, 0) is 46.4 Å². The van der Waals surface area contributed by atoms with Crippen LogP contribution >= 0.6 is 45.7 Å². The zero-order valence-electron chi connectivity index (χ0n) is 7.58. The van der Waals surface area contributed by atoms with Crippen LogP contribution < -0.4 is 0 Å². The number of fused-ring (bicyclic) bond motifs is 1. The molecule has 4 heteroatoms. The highest BCUT2D eigenvalue weighted by atomic mass is 127. The van der Waals surface area contributed by atoms with E-state index < -0.39 is 0 Å². The van der Waals surface area contributed by atoms with Gasteiger partial charge in [-0.2, -0.15) is 0 Å². The molecule has 1 nitrogen and oxygen atoms in total. The third-order valence-electron chi connectivity index (χ3n) is 2.09. The van der Waals surface area contributed by atoms with Crippen molar-refractivity contribution in [2.24, 2.45) is 0 Å². The zero-order valence-corrected chi connectivity index (χ0v) is 11.4. The largest absolute Gasteiger partial charge is 0.392 e. The molecule has 1 N–H and O–H groups in total. The Morgan fingerprint density at radius 2 is 2.29 bits per heavy atom. The second kappa shape index (κ2) is 4.38. The first-order chi connectivity index (χ1) is 6.76. The molecule has 2 aromatic rings. The molecule has 1 aromatic heterocycles. The fourth-order valence-corrected chi connectivity index (χ4v) is 4.05. The third kappa shape index (κ3) is 1.80. The van der Waals surface area contributed by atoms with Crippen molar-refractivity contribution in [1.29, 1.82) is 0 Å². The van der Waals surface area contributed by atoms with E-state index in [4.69, 9.17) is 0 Å². The summed E-state index contributed by atoms with van der Waals surface area (Å²) in [6, 6.07) is 6.37. The molecule has 0 amide bonds. The second-order valence-corrected chi connectivity index (χ2v) is 6.67. The molecule has 0 radical (unpaired) electrons. The monoisotopic (exact) mass is 336 g/mol. The lowest BCUT2D eigenvalue weighted by Crippen LogP contribution is -1.86. The first-order valence-corrected chi connectivity index (χ1v) is 7.24. The van der Waals surface area contributed by atoms with Gasteiger partial charge in [0.05, 0.1) is 9.49 Å². The minimum atomic E-state index is 0.129. The molecule has 0 aliphatic carbocycles. The van der Waals surface area contributed by atoms with Gasteiger partial charge in [0, 0.05) is 15.2 Å². The van der Waals surface area contributed by atoms with E-state index in [0.29, 0.717) is 0 Å². The number of benzene rings is 1. The summed E-state index contributed by atoms with van der Waals surface area (Å²) in [5.74, 6) is 0. The molecule has 0 atom stereocenters. The van der Waals surface area contributed by atoms with Gasteiger partial charge in [-0.1, -0.05) is 6.07 Å². The van der Waals surface area contributed by atoms with Gasteiger partial charge in [-0.3, -0.25) is 0 Å². The Morgan fingerprint density at radius 3 is 2.93 bits per heavy atom. The summed E-state index contributed by atoms with van der Waals surface area (Å²) in [5.41, 5.74) is 1.07. The predicted octanol–water partition coefficient (Wildman–Crippen LogP) is 3.72. The van der Waals surface area contributed by atoms with E-state index in [1.165, 1.54) is 17.9 Å².